The van der Waals surface area contributed by atoms with Gasteiger partial charge in [-0.1, -0.05) is 13.8 Å². The maximum absolute atomic E-state index is 11.9. The molecule has 2 fully saturated rings. The molecular formula is C22H27NO5. The van der Waals surface area contributed by atoms with E-state index < -0.39 is 0 Å². The van der Waals surface area contributed by atoms with Gasteiger partial charge in [-0.2, -0.15) is 0 Å². The zero-order chi connectivity index (χ0) is 19.6. The van der Waals surface area contributed by atoms with Gasteiger partial charge in [-0.3, -0.25) is 4.79 Å². The molecule has 1 aromatic heterocycles. The van der Waals surface area contributed by atoms with Gasteiger partial charge in [0.1, 0.15) is 18.3 Å². The molecule has 0 unspecified atom stereocenters. The molecule has 2 saturated heterocycles. The number of hydrogen-bond acceptors (Lipinski definition) is 5. The molecule has 1 aromatic rings. The van der Waals surface area contributed by atoms with Crippen molar-refractivity contribution < 1.29 is 23.8 Å². The van der Waals surface area contributed by atoms with Crippen LogP contribution in [0.4, 0.5) is 0 Å². The third kappa shape index (κ3) is 2.65. The van der Waals surface area contributed by atoms with Crippen LogP contribution in [0.3, 0.4) is 0 Å². The first-order chi connectivity index (χ1) is 13.4. The zero-order valence-electron chi connectivity index (χ0n) is 16.6. The molecule has 5 rings (SSSR count). The van der Waals surface area contributed by atoms with E-state index in [9.17, 15) is 9.59 Å². The Bertz CT molecular complexity index is 855. The van der Waals surface area contributed by atoms with Crippen LogP contribution in [0.15, 0.2) is 23.8 Å². The fourth-order valence-corrected chi connectivity index (χ4v) is 5.45. The number of ether oxygens (including phenoxy) is 3. The first kappa shape index (κ1) is 18.0. The summed E-state index contributed by atoms with van der Waals surface area (Å²) < 4.78 is 20.0. The van der Waals surface area contributed by atoms with Gasteiger partial charge in [-0.25, -0.2) is 4.79 Å². The Hall–Kier alpha value is -2.08. The number of nitrogens with zero attached hydrogens (tertiary/aromatic N) is 1. The van der Waals surface area contributed by atoms with Crippen LogP contribution in [-0.2, 0) is 30.3 Å². The lowest BCUT2D eigenvalue weighted by Crippen LogP contribution is -2.31. The molecular weight excluding hydrogens is 358 g/mol. The van der Waals surface area contributed by atoms with Crippen molar-refractivity contribution in [1.29, 1.82) is 0 Å². The molecule has 0 saturated carbocycles. The van der Waals surface area contributed by atoms with E-state index in [2.05, 4.69) is 23.6 Å². The number of rotatable bonds is 2. The molecule has 0 radical (unpaired) electrons. The van der Waals surface area contributed by atoms with Crippen molar-refractivity contribution in [2.45, 2.75) is 76.9 Å². The number of carbonyl (C=O) groups is 2. The molecule has 150 valence electrons. The van der Waals surface area contributed by atoms with Crippen molar-refractivity contribution in [3.05, 3.63) is 35.2 Å². The minimum atomic E-state index is -0.297. The Kier molecular flexibility index (Phi) is 4.16. The Balaban J connectivity index is 1.45. The molecule has 0 N–H and O–H groups in total. The second-order valence-corrected chi connectivity index (χ2v) is 8.78. The Morgan fingerprint density at radius 2 is 1.89 bits per heavy atom. The molecule has 4 aliphatic heterocycles. The van der Waals surface area contributed by atoms with Gasteiger partial charge in [-0.15, -0.1) is 0 Å². The van der Waals surface area contributed by atoms with Gasteiger partial charge in [-0.05, 0) is 43.9 Å². The standard InChI is InChI=1S/C22H27NO5/c1-11-9-17(27-21(11)24)14-6-7-15-19-13(3)20(18-10-12(2)22(25)28-18)26-16(19)5-4-8-23(14)15/h6-7,10-11,13,16-20H,4-5,8-9H2,1-3H3/t11-,13-,16+,17-,18+,19+,20-/m0/s1. The number of esters is 2. The van der Waals surface area contributed by atoms with Crippen LogP contribution in [0, 0.1) is 11.8 Å². The van der Waals surface area contributed by atoms with Crippen molar-refractivity contribution in [2.24, 2.45) is 11.8 Å². The third-order valence-electron chi connectivity index (χ3n) is 6.94. The average Bonchev–Trinajstić information content (AvgIpc) is 3.35. The van der Waals surface area contributed by atoms with E-state index in [-0.39, 0.29) is 54.1 Å². The van der Waals surface area contributed by atoms with Gasteiger partial charge in [0.2, 0.25) is 0 Å². The van der Waals surface area contributed by atoms with Gasteiger partial charge < -0.3 is 18.8 Å². The van der Waals surface area contributed by atoms with Crippen molar-refractivity contribution in [1.82, 2.24) is 4.57 Å². The van der Waals surface area contributed by atoms with Crippen molar-refractivity contribution in [2.75, 3.05) is 0 Å². The minimum Gasteiger partial charge on any atom is -0.456 e. The second kappa shape index (κ2) is 6.48. The highest BCUT2D eigenvalue weighted by Gasteiger charge is 2.49. The lowest BCUT2D eigenvalue weighted by molar-refractivity contribution is -0.146. The van der Waals surface area contributed by atoms with Gasteiger partial charge in [0.05, 0.1) is 17.7 Å². The SMILES string of the molecule is CC1=C[C@H]([C@H]2O[C@@H]3CCCn4c(ccc4[C@@H]4C[C@H](C)C(=O)O4)[C@H]3[C@@H]2C)OC1=O. The molecule has 0 spiro atoms. The Labute approximate surface area is 164 Å². The molecule has 0 bridgehead atoms. The number of fused-ring (bicyclic) bond motifs is 3. The number of aromatic nitrogens is 1. The summed E-state index contributed by atoms with van der Waals surface area (Å²) in [4.78, 5) is 23.7. The van der Waals surface area contributed by atoms with E-state index in [1.165, 1.54) is 5.69 Å². The van der Waals surface area contributed by atoms with E-state index in [1.807, 2.05) is 13.0 Å². The number of hydrogen-bond donors (Lipinski definition) is 0. The first-order valence-corrected chi connectivity index (χ1v) is 10.4. The number of carbonyl (C=O) groups excluding carboxylic acids is 2. The molecule has 0 aliphatic carbocycles. The van der Waals surface area contributed by atoms with Crippen LogP contribution in [0.1, 0.15) is 63.4 Å². The molecule has 6 heteroatoms. The van der Waals surface area contributed by atoms with E-state index in [0.717, 1.165) is 31.5 Å². The zero-order valence-corrected chi connectivity index (χ0v) is 16.6. The summed E-state index contributed by atoms with van der Waals surface area (Å²) in [5.41, 5.74) is 3.02. The highest BCUT2D eigenvalue weighted by molar-refractivity contribution is 5.90. The summed E-state index contributed by atoms with van der Waals surface area (Å²) >= 11 is 0. The lowest BCUT2D eigenvalue weighted by Gasteiger charge is -2.23. The van der Waals surface area contributed by atoms with E-state index in [4.69, 9.17) is 14.2 Å². The van der Waals surface area contributed by atoms with Crippen LogP contribution in [-0.4, -0.2) is 34.8 Å². The maximum Gasteiger partial charge on any atom is 0.334 e. The first-order valence-electron chi connectivity index (χ1n) is 10.4. The van der Waals surface area contributed by atoms with E-state index in [1.54, 1.807) is 6.92 Å². The molecule has 5 heterocycles. The summed E-state index contributed by atoms with van der Waals surface area (Å²) in [5, 5.41) is 0. The monoisotopic (exact) mass is 385 g/mol. The summed E-state index contributed by atoms with van der Waals surface area (Å²) in [6.45, 7) is 6.85. The van der Waals surface area contributed by atoms with Crippen LogP contribution >= 0.6 is 0 Å². The molecule has 7 atom stereocenters. The van der Waals surface area contributed by atoms with Crippen molar-refractivity contribution in [3.63, 3.8) is 0 Å². The smallest absolute Gasteiger partial charge is 0.334 e. The van der Waals surface area contributed by atoms with Crippen molar-refractivity contribution in [3.8, 4) is 0 Å². The summed E-state index contributed by atoms with van der Waals surface area (Å²) in [7, 11) is 0. The van der Waals surface area contributed by atoms with Crippen LogP contribution in [0.5, 0.6) is 0 Å². The van der Waals surface area contributed by atoms with Crippen LogP contribution < -0.4 is 0 Å². The second-order valence-electron chi connectivity index (χ2n) is 8.78. The summed E-state index contributed by atoms with van der Waals surface area (Å²) in [5.74, 6) is 0.101. The normalized spacial score (nSPS) is 39.8. The largest absolute Gasteiger partial charge is 0.456 e. The quantitative estimate of drug-likeness (QED) is 0.731. The van der Waals surface area contributed by atoms with E-state index >= 15 is 0 Å². The molecule has 4 aliphatic rings. The van der Waals surface area contributed by atoms with E-state index in [0.29, 0.717) is 5.57 Å². The predicted octanol–water partition coefficient (Wildman–Crippen LogP) is 3.26. The average molecular weight is 385 g/mol. The molecule has 6 nitrogen and oxygen atoms in total. The maximum atomic E-state index is 11.9. The predicted molar refractivity (Wildman–Crippen MR) is 100 cm³/mol. The highest BCUT2D eigenvalue weighted by Crippen LogP contribution is 2.47. The van der Waals surface area contributed by atoms with Gasteiger partial charge in [0.15, 0.2) is 0 Å². The van der Waals surface area contributed by atoms with Gasteiger partial charge >= 0.3 is 11.9 Å². The Morgan fingerprint density at radius 3 is 2.57 bits per heavy atom. The van der Waals surface area contributed by atoms with Gasteiger partial charge in [0.25, 0.3) is 0 Å². The summed E-state index contributed by atoms with van der Waals surface area (Å²) in [6.07, 6.45) is 4.21. The van der Waals surface area contributed by atoms with Crippen LogP contribution in [0.25, 0.3) is 0 Å². The Morgan fingerprint density at radius 1 is 1.11 bits per heavy atom. The third-order valence-corrected chi connectivity index (χ3v) is 6.94. The van der Waals surface area contributed by atoms with Crippen molar-refractivity contribution >= 4 is 11.9 Å². The topological polar surface area (TPSA) is 66.8 Å². The molecule has 0 amide bonds. The summed E-state index contributed by atoms with van der Waals surface area (Å²) in [6, 6.07) is 4.30. The fourth-order valence-electron chi connectivity index (χ4n) is 5.45. The highest BCUT2D eigenvalue weighted by atomic mass is 16.6. The van der Waals surface area contributed by atoms with Crippen LogP contribution in [0.2, 0.25) is 0 Å². The number of cyclic esters (lactones) is 2. The molecule has 28 heavy (non-hydrogen) atoms. The van der Waals surface area contributed by atoms with Gasteiger partial charge in [0, 0.05) is 30.2 Å². The minimum absolute atomic E-state index is 0.0418. The fraction of sp³-hybridized carbons (Fsp3) is 0.636. The molecule has 0 aromatic carbocycles. The lowest BCUT2D eigenvalue weighted by atomic mass is 9.83.